The van der Waals surface area contributed by atoms with Crippen molar-refractivity contribution in [3.8, 4) is 0 Å². The zero-order valence-corrected chi connectivity index (χ0v) is 19.0. The van der Waals surface area contributed by atoms with Gasteiger partial charge in [-0.2, -0.15) is 0 Å². The highest BCUT2D eigenvalue weighted by Crippen LogP contribution is 2.35. The highest BCUT2D eigenvalue weighted by Gasteiger charge is 2.34. The smallest absolute Gasteiger partial charge is 0.252 e. The maximum atomic E-state index is 14.0. The monoisotopic (exact) mass is 437 g/mol. The van der Waals surface area contributed by atoms with Gasteiger partial charge < -0.3 is 10.6 Å². The van der Waals surface area contributed by atoms with E-state index in [9.17, 15) is 4.79 Å². The van der Waals surface area contributed by atoms with Gasteiger partial charge in [0.1, 0.15) is 6.04 Å². The van der Waals surface area contributed by atoms with Gasteiger partial charge in [0.25, 0.3) is 5.91 Å². The first-order chi connectivity index (χ1) is 16.2. The highest BCUT2D eigenvalue weighted by molar-refractivity contribution is 6.13. The van der Waals surface area contributed by atoms with Gasteiger partial charge in [-0.25, -0.2) is 0 Å². The molecule has 0 spiro atoms. The number of nitrogens with zero attached hydrogens (tertiary/aromatic N) is 2. The Morgan fingerprint density at radius 1 is 0.848 bits per heavy atom. The van der Waals surface area contributed by atoms with Gasteiger partial charge in [0, 0.05) is 29.3 Å². The number of amides is 1. The molecule has 3 aromatic rings. The molecule has 1 fully saturated rings. The first-order valence-corrected chi connectivity index (χ1v) is 12.1. The second kappa shape index (κ2) is 9.62. The number of benzodiazepines with no additional fused rings is 1. The Hall–Kier alpha value is -3.40. The largest absolute Gasteiger partial charge is 0.399 e. The topological polar surface area (TPSA) is 58.7 Å². The lowest BCUT2D eigenvalue weighted by atomic mass is 9.82. The van der Waals surface area contributed by atoms with E-state index in [1.165, 1.54) is 19.3 Å². The standard InChI is InChI=1S/C29H31N3O/c30-24-15-9-12-22(18-24)20-32-27-17-8-7-16-25(27)28(23-13-5-2-6-14-23)31-26(29(32)33)19-21-10-3-1-4-11-21/h1,3-4,7-12,15-18,23,26H,2,5-6,13-14,19-20,30H2/t26-/m0/s1. The average Bonchev–Trinajstić information content (AvgIpc) is 2.96. The van der Waals surface area contributed by atoms with E-state index in [0.29, 0.717) is 24.6 Å². The zero-order valence-electron chi connectivity index (χ0n) is 19.0. The summed E-state index contributed by atoms with van der Waals surface area (Å²) in [5.74, 6) is 0.470. The lowest BCUT2D eigenvalue weighted by Crippen LogP contribution is -2.38. The predicted molar refractivity (Wildman–Crippen MR) is 136 cm³/mol. The molecular weight excluding hydrogens is 406 g/mol. The van der Waals surface area contributed by atoms with Crippen LogP contribution in [0.4, 0.5) is 11.4 Å². The third-order valence-electron chi connectivity index (χ3n) is 6.87. The van der Waals surface area contributed by atoms with Crippen molar-refractivity contribution in [2.75, 3.05) is 10.6 Å². The van der Waals surface area contributed by atoms with Crippen molar-refractivity contribution in [2.24, 2.45) is 10.9 Å². The van der Waals surface area contributed by atoms with E-state index in [1.807, 2.05) is 53.4 Å². The normalized spacial score (nSPS) is 19.0. The van der Waals surface area contributed by atoms with Gasteiger partial charge in [0.05, 0.1) is 12.2 Å². The fourth-order valence-electron chi connectivity index (χ4n) is 5.23. The highest BCUT2D eigenvalue weighted by atomic mass is 16.2. The molecule has 0 aromatic heterocycles. The molecule has 4 heteroatoms. The third-order valence-corrected chi connectivity index (χ3v) is 6.87. The van der Waals surface area contributed by atoms with Crippen molar-refractivity contribution in [1.29, 1.82) is 0 Å². The number of fused-ring (bicyclic) bond motifs is 1. The molecule has 1 aliphatic carbocycles. The van der Waals surface area contributed by atoms with Gasteiger partial charge in [-0.05, 0) is 42.2 Å². The molecule has 5 rings (SSSR count). The summed E-state index contributed by atoms with van der Waals surface area (Å²) in [7, 11) is 0. The van der Waals surface area contributed by atoms with Crippen molar-refractivity contribution in [3.63, 3.8) is 0 Å². The molecular formula is C29H31N3O. The minimum atomic E-state index is -0.433. The van der Waals surface area contributed by atoms with Gasteiger partial charge in [-0.1, -0.05) is 79.9 Å². The number of anilines is 2. The Balaban J connectivity index is 1.59. The van der Waals surface area contributed by atoms with Crippen LogP contribution < -0.4 is 10.6 Å². The Kier molecular flexibility index (Phi) is 6.25. The molecule has 4 nitrogen and oxygen atoms in total. The van der Waals surface area contributed by atoms with E-state index in [2.05, 4.69) is 30.3 Å². The number of benzene rings is 3. The molecule has 3 aromatic carbocycles. The number of hydrogen-bond acceptors (Lipinski definition) is 3. The SMILES string of the molecule is Nc1cccc(CN2C(=O)[C@H](Cc3ccccc3)N=C(C3CCCCC3)c3ccccc32)c1. The predicted octanol–water partition coefficient (Wildman–Crippen LogP) is 5.80. The first kappa shape index (κ1) is 21.4. The Bertz CT molecular complexity index is 1150. The van der Waals surface area contributed by atoms with E-state index < -0.39 is 6.04 Å². The number of aliphatic imine (C=N–C) groups is 1. The summed E-state index contributed by atoms with van der Waals surface area (Å²) in [6, 6.07) is 25.9. The number of carbonyl (C=O) groups is 1. The third kappa shape index (κ3) is 4.70. The van der Waals surface area contributed by atoms with E-state index in [4.69, 9.17) is 10.7 Å². The van der Waals surface area contributed by atoms with Crippen LogP contribution in [0.25, 0.3) is 0 Å². The van der Waals surface area contributed by atoms with Crippen molar-refractivity contribution < 1.29 is 4.79 Å². The second-order valence-electron chi connectivity index (χ2n) is 9.24. The van der Waals surface area contributed by atoms with Crippen molar-refractivity contribution in [2.45, 2.75) is 51.1 Å². The Morgan fingerprint density at radius 2 is 1.58 bits per heavy atom. The molecule has 1 heterocycles. The maximum absolute atomic E-state index is 14.0. The van der Waals surface area contributed by atoms with E-state index in [-0.39, 0.29) is 5.91 Å². The lowest BCUT2D eigenvalue weighted by Gasteiger charge is -2.26. The van der Waals surface area contributed by atoms with Crippen LogP contribution in [0.15, 0.2) is 83.9 Å². The molecule has 0 radical (unpaired) electrons. The fourth-order valence-corrected chi connectivity index (χ4v) is 5.23. The van der Waals surface area contributed by atoms with Gasteiger partial charge >= 0.3 is 0 Å². The van der Waals surface area contributed by atoms with Gasteiger partial charge in [0.2, 0.25) is 0 Å². The zero-order chi connectivity index (χ0) is 22.6. The molecule has 168 valence electrons. The van der Waals surface area contributed by atoms with Crippen molar-refractivity contribution in [1.82, 2.24) is 0 Å². The van der Waals surface area contributed by atoms with Gasteiger partial charge in [0.15, 0.2) is 0 Å². The van der Waals surface area contributed by atoms with Gasteiger partial charge in [-0.15, -0.1) is 0 Å². The van der Waals surface area contributed by atoms with Crippen LogP contribution in [0.5, 0.6) is 0 Å². The minimum absolute atomic E-state index is 0.0551. The molecule has 1 saturated carbocycles. The number of nitrogen functional groups attached to an aromatic ring is 1. The molecule has 0 saturated heterocycles. The Labute approximate surface area is 196 Å². The molecule has 2 N–H and O–H groups in total. The van der Waals surface area contributed by atoms with Crippen LogP contribution in [0.2, 0.25) is 0 Å². The summed E-state index contributed by atoms with van der Waals surface area (Å²) < 4.78 is 0. The number of hydrogen-bond donors (Lipinski definition) is 1. The first-order valence-electron chi connectivity index (χ1n) is 12.1. The van der Waals surface area contributed by atoms with Gasteiger partial charge in [-0.3, -0.25) is 9.79 Å². The van der Waals surface area contributed by atoms with E-state index in [1.54, 1.807) is 0 Å². The second-order valence-corrected chi connectivity index (χ2v) is 9.24. The fraction of sp³-hybridized carbons (Fsp3) is 0.310. The summed E-state index contributed by atoms with van der Waals surface area (Å²) in [6.45, 7) is 0.486. The summed E-state index contributed by atoms with van der Waals surface area (Å²) in [5, 5.41) is 0. The van der Waals surface area contributed by atoms with Crippen molar-refractivity contribution >= 4 is 23.0 Å². The minimum Gasteiger partial charge on any atom is -0.399 e. The molecule has 0 unspecified atom stereocenters. The molecule has 2 aliphatic rings. The number of rotatable bonds is 5. The lowest BCUT2D eigenvalue weighted by molar-refractivity contribution is -0.119. The molecule has 33 heavy (non-hydrogen) atoms. The number of para-hydroxylation sites is 1. The summed E-state index contributed by atoms with van der Waals surface area (Å²) in [4.78, 5) is 21.2. The van der Waals surface area contributed by atoms with Crippen LogP contribution in [-0.4, -0.2) is 17.7 Å². The van der Waals surface area contributed by atoms with Crippen molar-refractivity contribution in [3.05, 3.63) is 95.6 Å². The summed E-state index contributed by atoms with van der Waals surface area (Å²) >= 11 is 0. The number of carbonyl (C=O) groups excluding carboxylic acids is 1. The quantitative estimate of drug-likeness (QED) is 0.513. The van der Waals surface area contributed by atoms with E-state index >= 15 is 0 Å². The molecule has 1 amide bonds. The number of nitrogens with two attached hydrogens (primary N) is 1. The Morgan fingerprint density at radius 3 is 2.36 bits per heavy atom. The van der Waals surface area contributed by atoms with Crippen LogP contribution in [0.1, 0.15) is 48.8 Å². The summed E-state index contributed by atoms with van der Waals surface area (Å²) in [5.41, 5.74) is 12.1. The van der Waals surface area contributed by atoms with Crippen LogP contribution in [-0.2, 0) is 17.8 Å². The van der Waals surface area contributed by atoms with Crippen LogP contribution >= 0.6 is 0 Å². The molecule has 1 aliphatic heterocycles. The molecule has 0 bridgehead atoms. The summed E-state index contributed by atoms with van der Waals surface area (Å²) in [6.07, 6.45) is 6.66. The molecule has 1 atom stereocenters. The van der Waals surface area contributed by atoms with Crippen LogP contribution in [0, 0.1) is 5.92 Å². The maximum Gasteiger partial charge on any atom is 0.252 e. The van der Waals surface area contributed by atoms with Crippen LogP contribution in [0.3, 0.4) is 0 Å². The average molecular weight is 438 g/mol. The van der Waals surface area contributed by atoms with E-state index in [0.717, 1.165) is 40.9 Å².